The van der Waals surface area contributed by atoms with Crippen LogP contribution in [0.1, 0.15) is 13.3 Å². The van der Waals surface area contributed by atoms with Crippen molar-refractivity contribution in [3.05, 3.63) is 0 Å². The molecule has 0 aliphatic heterocycles. The van der Waals surface area contributed by atoms with E-state index in [1.807, 2.05) is 0 Å². The lowest BCUT2D eigenvalue weighted by atomic mass is 10.3. The Hall–Kier alpha value is -1.24. The van der Waals surface area contributed by atoms with Gasteiger partial charge in [0.25, 0.3) is 6.43 Å². The zero-order chi connectivity index (χ0) is 12.6. The molecule has 7 heteroatoms. The van der Waals surface area contributed by atoms with Crippen LogP contribution < -0.4 is 0 Å². The third-order valence-electron chi connectivity index (χ3n) is 1.76. The number of alkyl halides is 2. The van der Waals surface area contributed by atoms with Gasteiger partial charge in [-0.15, -0.1) is 0 Å². The molecule has 0 saturated heterocycles. The van der Waals surface area contributed by atoms with E-state index in [0.29, 0.717) is 0 Å². The highest BCUT2D eigenvalue weighted by Crippen LogP contribution is 1.97. The van der Waals surface area contributed by atoms with E-state index in [1.54, 1.807) is 6.92 Å². The number of rotatable bonds is 8. The highest BCUT2D eigenvalue weighted by molar-refractivity contribution is 5.81. The number of carbonyl (C=O) groups is 2. The van der Waals surface area contributed by atoms with E-state index in [0.717, 1.165) is 4.90 Å². The Labute approximate surface area is 92.0 Å². The van der Waals surface area contributed by atoms with Crippen molar-refractivity contribution < 1.29 is 28.2 Å². The quantitative estimate of drug-likeness (QED) is 0.629. The van der Waals surface area contributed by atoms with Gasteiger partial charge < -0.3 is 14.7 Å². The maximum atomic E-state index is 11.7. The van der Waals surface area contributed by atoms with Gasteiger partial charge in [0.15, 0.2) is 0 Å². The first-order valence-corrected chi connectivity index (χ1v) is 4.82. The second kappa shape index (κ2) is 7.98. The van der Waals surface area contributed by atoms with Gasteiger partial charge in [-0.1, -0.05) is 0 Å². The Kier molecular flexibility index (Phi) is 7.36. The molecule has 0 aromatic carbocycles. The summed E-state index contributed by atoms with van der Waals surface area (Å²) in [6.45, 7) is 0.683. The van der Waals surface area contributed by atoms with Crippen LogP contribution in [0.15, 0.2) is 0 Å². The zero-order valence-electron chi connectivity index (χ0n) is 8.99. The molecule has 0 aliphatic rings. The molecule has 0 unspecified atom stereocenters. The largest absolute Gasteiger partial charge is 0.480 e. The topological polar surface area (TPSA) is 66.8 Å². The van der Waals surface area contributed by atoms with Gasteiger partial charge in [-0.3, -0.25) is 9.59 Å². The summed E-state index contributed by atoms with van der Waals surface area (Å²) in [6, 6.07) is 0. The van der Waals surface area contributed by atoms with Crippen molar-refractivity contribution >= 4 is 11.9 Å². The number of aliphatic carboxylic acids is 1. The van der Waals surface area contributed by atoms with E-state index in [4.69, 9.17) is 5.11 Å². The second-order valence-electron chi connectivity index (χ2n) is 3.02. The van der Waals surface area contributed by atoms with Crippen LogP contribution in [0.2, 0.25) is 0 Å². The molecule has 0 aromatic rings. The van der Waals surface area contributed by atoms with Gasteiger partial charge in [0.05, 0.1) is 13.0 Å². The molecular formula is C9H15F2NO4. The molecule has 94 valence electrons. The minimum Gasteiger partial charge on any atom is -0.480 e. The van der Waals surface area contributed by atoms with Gasteiger partial charge in [-0.25, -0.2) is 8.78 Å². The number of hydrogen-bond acceptors (Lipinski definition) is 3. The van der Waals surface area contributed by atoms with E-state index in [2.05, 4.69) is 4.74 Å². The fourth-order valence-corrected chi connectivity index (χ4v) is 1.03. The predicted octanol–water partition coefficient (Wildman–Crippen LogP) is 0.591. The Bertz CT molecular complexity index is 236. The molecule has 0 heterocycles. The minimum atomic E-state index is -2.56. The molecule has 0 spiro atoms. The Balaban J connectivity index is 3.80. The number of hydrogen-bond donors (Lipinski definition) is 1. The third-order valence-corrected chi connectivity index (χ3v) is 1.76. The number of nitrogens with zero attached hydrogens (tertiary/aromatic N) is 1. The van der Waals surface area contributed by atoms with Gasteiger partial charge in [-0.2, -0.15) is 0 Å². The molecule has 0 aliphatic carbocycles. The summed E-state index contributed by atoms with van der Waals surface area (Å²) < 4.78 is 27.8. The fraction of sp³-hybridized carbons (Fsp3) is 0.778. The second-order valence-corrected chi connectivity index (χ2v) is 3.02. The van der Waals surface area contributed by atoms with E-state index in [9.17, 15) is 18.4 Å². The zero-order valence-corrected chi connectivity index (χ0v) is 8.99. The van der Waals surface area contributed by atoms with Gasteiger partial charge in [0.2, 0.25) is 5.91 Å². The summed E-state index contributed by atoms with van der Waals surface area (Å²) in [4.78, 5) is 22.8. The Morgan fingerprint density at radius 3 is 2.50 bits per heavy atom. The van der Waals surface area contributed by atoms with Crippen molar-refractivity contribution in [2.75, 3.05) is 26.3 Å². The highest BCUT2D eigenvalue weighted by atomic mass is 19.3. The minimum absolute atomic E-state index is 0.0894. The number of carboxylic acid groups (broad SMARTS) is 1. The van der Waals surface area contributed by atoms with Crippen LogP contribution in [-0.2, 0) is 14.3 Å². The van der Waals surface area contributed by atoms with Crippen molar-refractivity contribution in [3.8, 4) is 0 Å². The highest BCUT2D eigenvalue weighted by Gasteiger charge is 2.14. The van der Waals surface area contributed by atoms with Gasteiger partial charge in [0.1, 0.15) is 13.2 Å². The molecule has 0 radical (unpaired) electrons. The average Bonchev–Trinajstić information content (AvgIpc) is 2.20. The number of likely N-dealkylation sites (N-methyl/N-ethyl adjacent to an activating group) is 1. The van der Waals surface area contributed by atoms with E-state index < -0.39 is 24.9 Å². The number of halogens is 2. The lowest BCUT2D eigenvalue weighted by Crippen LogP contribution is -2.36. The molecule has 1 N–H and O–H groups in total. The number of ether oxygens (including phenoxy) is 1. The van der Waals surface area contributed by atoms with Crippen LogP contribution in [0.25, 0.3) is 0 Å². The molecule has 0 rings (SSSR count). The lowest BCUT2D eigenvalue weighted by Gasteiger charge is -2.18. The summed E-state index contributed by atoms with van der Waals surface area (Å²) >= 11 is 0. The number of carboxylic acids is 1. The first-order chi connectivity index (χ1) is 7.47. The summed E-state index contributed by atoms with van der Waals surface area (Å²) in [5.74, 6) is -1.53. The molecule has 0 saturated carbocycles. The normalized spacial score (nSPS) is 10.5. The molecular weight excluding hydrogens is 224 g/mol. The summed E-state index contributed by atoms with van der Waals surface area (Å²) in [5.41, 5.74) is 0. The first kappa shape index (κ1) is 14.8. The van der Waals surface area contributed by atoms with Crippen molar-refractivity contribution in [1.82, 2.24) is 4.90 Å². The smallest absolute Gasteiger partial charge is 0.323 e. The van der Waals surface area contributed by atoms with Gasteiger partial charge in [0, 0.05) is 6.54 Å². The van der Waals surface area contributed by atoms with Crippen LogP contribution >= 0.6 is 0 Å². The number of amides is 1. The summed E-state index contributed by atoms with van der Waals surface area (Å²) in [6.07, 6.45) is -2.65. The summed E-state index contributed by atoms with van der Waals surface area (Å²) in [7, 11) is 0. The Morgan fingerprint density at radius 2 is 2.06 bits per heavy atom. The van der Waals surface area contributed by atoms with E-state index in [-0.39, 0.29) is 26.1 Å². The first-order valence-electron chi connectivity index (χ1n) is 4.82. The van der Waals surface area contributed by atoms with Gasteiger partial charge in [-0.05, 0) is 6.92 Å². The van der Waals surface area contributed by atoms with Crippen LogP contribution in [0.3, 0.4) is 0 Å². The molecule has 0 fully saturated rings. The van der Waals surface area contributed by atoms with Crippen LogP contribution in [-0.4, -0.2) is 54.6 Å². The average molecular weight is 239 g/mol. The fourth-order valence-electron chi connectivity index (χ4n) is 1.03. The standard InChI is InChI=1S/C9H15F2NO4/c1-2-12(5-9(14)15)8(13)3-4-16-6-7(10)11/h7H,2-6H2,1H3,(H,14,15). The molecule has 0 atom stereocenters. The van der Waals surface area contributed by atoms with Crippen molar-refractivity contribution in [3.63, 3.8) is 0 Å². The summed E-state index contributed by atoms with van der Waals surface area (Å²) in [5, 5.41) is 8.48. The van der Waals surface area contributed by atoms with Crippen LogP contribution in [0.5, 0.6) is 0 Å². The predicted molar refractivity (Wildman–Crippen MR) is 51.3 cm³/mol. The molecule has 0 aromatic heterocycles. The van der Waals surface area contributed by atoms with Crippen LogP contribution in [0.4, 0.5) is 8.78 Å². The monoisotopic (exact) mass is 239 g/mol. The molecule has 16 heavy (non-hydrogen) atoms. The maximum Gasteiger partial charge on any atom is 0.323 e. The molecule has 5 nitrogen and oxygen atoms in total. The van der Waals surface area contributed by atoms with Crippen LogP contribution in [0, 0.1) is 0 Å². The van der Waals surface area contributed by atoms with Crippen molar-refractivity contribution in [1.29, 1.82) is 0 Å². The SMILES string of the molecule is CCN(CC(=O)O)C(=O)CCOCC(F)F. The maximum absolute atomic E-state index is 11.7. The number of carbonyl (C=O) groups excluding carboxylic acids is 1. The van der Waals surface area contributed by atoms with E-state index >= 15 is 0 Å². The molecule has 1 amide bonds. The lowest BCUT2D eigenvalue weighted by molar-refractivity contribution is -0.144. The van der Waals surface area contributed by atoms with E-state index in [1.165, 1.54) is 0 Å². The van der Waals surface area contributed by atoms with Crippen molar-refractivity contribution in [2.24, 2.45) is 0 Å². The third kappa shape index (κ3) is 7.10. The van der Waals surface area contributed by atoms with Gasteiger partial charge >= 0.3 is 5.97 Å². The molecule has 0 bridgehead atoms. The van der Waals surface area contributed by atoms with Crippen molar-refractivity contribution in [2.45, 2.75) is 19.8 Å². The Morgan fingerprint density at radius 1 is 1.44 bits per heavy atom.